The van der Waals surface area contributed by atoms with Crippen molar-refractivity contribution in [3.63, 3.8) is 0 Å². The van der Waals surface area contributed by atoms with E-state index in [2.05, 4.69) is 12.2 Å². The second-order valence-electron chi connectivity index (χ2n) is 5.11. The van der Waals surface area contributed by atoms with Gasteiger partial charge in [-0.15, -0.1) is 0 Å². The molecule has 1 spiro atoms. The first-order valence-corrected chi connectivity index (χ1v) is 6.21. The first-order chi connectivity index (χ1) is 8.07. The molecule has 2 rings (SSSR count). The van der Waals surface area contributed by atoms with Crippen molar-refractivity contribution >= 4 is 11.9 Å². The van der Waals surface area contributed by atoms with Crippen molar-refractivity contribution < 1.29 is 19.4 Å². The Hall–Kier alpha value is -1.10. The zero-order chi connectivity index (χ0) is 12.5. The van der Waals surface area contributed by atoms with E-state index in [9.17, 15) is 14.7 Å². The summed E-state index contributed by atoms with van der Waals surface area (Å²) in [5, 5.41) is 11.8. The minimum atomic E-state index is -0.923. The van der Waals surface area contributed by atoms with Crippen molar-refractivity contribution in [2.45, 2.75) is 51.2 Å². The lowest BCUT2D eigenvalue weighted by molar-refractivity contribution is -0.145. The first kappa shape index (κ1) is 12.4. The molecule has 17 heavy (non-hydrogen) atoms. The van der Waals surface area contributed by atoms with Crippen molar-refractivity contribution in [1.29, 1.82) is 0 Å². The van der Waals surface area contributed by atoms with Gasteiger partial charge in [-0.2, -0.15) is 0 Å². The second-order valence-corrected chi connectivity index (χ2v) is 5.11. The predicted octanol–water partition coefficient (Wildman–Crippen LogP) is 0.925. The molecule has 0 aromatic carbocycles. The molecule has 2 aliphatic rings. The summed E-state index contributed by atoms with van der Waals surface area (Å²) in [5.74, 6) is -1.07. The number of nitrogens with one attached hydrogen (secondary N) is 1. The fourth-order valence-corrected chi connectivity index (χ4v) is 3.08. The number of amides is 1. The van der Waals surface area contributed by atoms with Gasteiger partial charge in [-0.25, -0.2) is 4.79 Å². The number of ether oxygens (including phenoxy) is 1. The summed E-state index contributed by atoms with van der Waals surface area (Å²) in [6.45, 7) is 2.64. The van der Waals surface area contributed by atoms with Gasteiger partial charge in [0.05, 0.1) is 6.10 Å². The molecule has 0 aliphatic carbocycles. The lowest BCUT2D eigenvalue weighted by Crippen LogP contribution is -2.48. The molecule has 0 bridgehead atoms. The number of carbonyl (C=O) groups excluding carboxylic acids is 1. The van der Waals surface area contributed by atoms with Gasteiger partial charge in [-0.1, -0.05) is 13.3 Å². The number of hydrogen-bond acceptors (Lipinski definition) is 3. The molecular weight excluding hydrogens is 222 g/mol. The monoisotopic (exact) mass is 241 g/mol. The van der Waals surface area contributed by atoms with E-state index in [1.165, 1.54) is 0 Å². The van der Waals surface area contributed by atoms with Crippen LogP contribution in [-0.4, -0.2) is 35.7 Å². The Balaban J connectivity index is 2.15. The standard InChI is InChI=1S/C12H19NO4/c1-2-3-8-6-12(4-5-17-8)7-9(14)13-10(12)11(15)16/h8,10H,2-7H2,1H3,(H,13,14)(H,15,16). The third-order valence-corrected chi connectivity index (χ3v) is 3.88. The quantitative estimate of drug-likeness (QED) is 0.770. The first-order valence-electron chi connectivity index (χ1n) is 6.21. The van der Waals surface area contributed by atoms with Crippen LogP contribution in [0.4, 0.5) is 0 Å². The maximum Gasteiger partial charge on any atom is 0.326 e. The number of carboxylic acid groups (broad SMARTS) is 1. The van der Waals surface area contributed by atoms with Crippen LogP contribution in [0.15, 0.2) is 0 Å². The third-order valence-electron chi connectivity index (χ3n) is 3.88. The molecule has 5 heteroatoms. The van der Waals surface area contributed by atoms with Gasteiger partial charge in [-0.3, -0.25) is 4.79 Å². The summed E-state index contributed by atoms with van der Waals surface area (Å²) in [5.41, 5.74) is -0.430. The van der Waals surface area contributed by atoms with E-state index >= 15 is 0 Å². The second kappa shape index (κ2) is 4.64. The smallest absolute Gasteiger partial charge is 0.326 e. The Morgan fingerprint density at radius 3 is 3.06 bits per heavy atom. The maximum absolute atomic E-state index is 11.5. The predicted molar refractivity (Wildman–Crippen MR) is 60.5 cm³/mol. The van der Waals surface area contributed by atoms with Gasteiger partial charge in [0.1, 0.15) is 6.04 Å². The molecule has 0 radical (unpaired) electrons. The van der Waals surface area contributed by atoms with E-state index in [1.54, 1.807) is 0 Å². The molecule has 0 aromatic rings. The highest BCUT2D eigenvalue weighted by Crippen LogP contribution is 2.44. The van der Waals surface area contributed by atoms with Gasteiger partial charge < -0.3 is 15.2 Å². The van der Waals surface area contributed by atoms with Crippen molar-refractivity contribution in [3.8, 4) is 0 Å². The lowest BCUT2D eigenvalue weighted by Gasteiger charge is -2.39. The molecule has 1 amide bonds. The Morgan fingerprint density at radius 2 is 2.41 bits per heavy atom. The zero-order valence-electron chi connectivity index (χ0n) is 10.1. The Bertz CT molecular complexity index is 328. The highest BCUT2D eigenvalue weighted by Gasteiger charge is 2.52. The average Bonchev–Trinajstić information content (AvgIpc) is 2.56. The molecule has 2 saturated heterocycles. The summed E-state index contributed by atoms with van der Waals surface area (Å²) < 4.78 is 5.64. The topological polar surface area (TPSA) is 75.6 Å². The van der Waals surface area contributed by atoms with E-state index in [-0.39, 0.29) is 12.0 Å². The van der Waals surface area contributed by atoms with E-state index in [1.807, 2.05) is 0 Å². The molecule has 0 saturated carbocycles. The maximum atomic E-state index is 11.5. The lowest BCUT2D eigenvalue weighted by atomic mass is 9.71. The highest BCUT2D eigenvalue weighted by molar-refractivity contribution is 5.89. The Morgan fingerprint density at radius 1 is 1.65 bits per heavy atom. The number of aliphatic carboxylic acids is 1. The normalized spacial score (nSPS) is 37.1. The van der Waals surface area contributed by atoms with Crippen LogP contribution in [-0.2, 0) is 14.3 Å². The average molecular weight is 241 g/mol. The molecule has 5 nitrogen and oxygen atoms in total. The summed E-state index contributed by atoms with van der Waals surface area (Å²) in [6.07, 6.45) is 3.71. The van der Waals surface area contributed by atoms with E-state index in [4.69, 9.17) is 4.74 Å². The van der Waals surface area contributed by atoms with Crippen LogP contribution in [0.5, 0.6) is 0 Å². The minimum Gasteiger partial charge on any atom is -0.480 e. The number of hydrogen-bond donors (Lipinski definition) is 2. The zero-order valence-corrected chi connectivity index (χ0v) is 10.1. The van der Waals surface area contributed by atoms with Crippen molar-refractivity contribution in [2.24, 2.45) is 5.41 Å². The van der Waals surface area contributed by atoms with Crippen LogP contribution < -0.4 is 5.32 Å². The number of carboxylic acids is 1. The minimum absolute atomic E-state index is 0.100. The molecule has 3 atom stereocenters. The molecule has 2 aliphatic heterocycles. The summed E-state index contributed by atoms with van der Waals surface area (Å²) in [7, 11) is 0. The Kier molecular flexibility index (Phi) is 3.38. The number of rotatable bonds is 3. The van der Waals surface area contributed by atoms with Crippen LogP contribution in [0, 0.1) is 5.41 Å². The van der Waals surface area contributed by atoms with Crippen molar-refractivity contribution in [2.75, 3.05) is 6.61 Å². The molecule has 0 aromatic heterocycles. The van der Waals surface area contributed by atoms with Crippen LogP contribution in [0.1, 0.15) is 39.0 Å². The van der Waals surface area contributed by atoms with Gasteiger partial charge in [0, 0.05) is 18.4 Å². The largest absolute Gasteiger partial charge is 0.480 e. The van der Waals surface area contributed by atoms with Crippen LogP contribution in [0.2, 0.25) is 0 Å². The summed E-state index contributed by atoms with van der Waals surface area (Å²) >= 11 is 0. The van der Waals surface area contributed by atoms with Crippen molar-refractivity contribution in [1.82, 2.24) is 5.32 Å². The number of carbonyl (C=O) groups is 2. The van der Waals surface area contributed by atoms with Crippen LogP contribution in [0.3, 0.4) is 0 Å². The molecule has 3 unspecified atom stereocenters. The van der Waals surface area contributed by atoms with Crippen molar-refractivity contribution in [3.05, 3.63) is 0 Å². The van der Waals surface area contributed by atoms with Crippen LogP contribution >= 0.6 is 0 Å². The summed E-state index contributed by atoms with van der Waals surface area (Å²) in [4.78, 5) is 22.7. The van der Waals surface area contributed by atoms with Gasteiger partial charge in [-0.05, 0) is 19.3 Å². The summed E-state index contributed by atoms with van der Waals surface area (Å²) in [6, 6.07) is -0.738. The van der Waals surface area contributed by atoms with Gasteiger partial charge in [0.2, 0.25) is 5.91 Å². The van der Waals surface area contributed by atoms with Crippen LogP contribution in [0.25, 0.3) is 0 Å². The third kappa shape index (κ3) is 2.29. The SMILES string of the molecule is CCCC1CC2(CCO1)CC(=O)NC2C(=O)O. The molecule has 96 valence electrons. The highest BCUT2D eigenvalue weighted by atomic mass is 16.5. The fraction of sp³-hybridized carbons (Fsp3) is 0.833. The van der Waals surface area contributed by atoms with Gasteiger partial charge in [0.25, 0.3) is 0 Å². The molecule has 2 heterocycles. The Labute approximate surface area is 101 Å². The van der Waals surface area contributed by atoms with E-state index in [0.717, 1.165) is 12.8 Å². The van der Waals surface area contributed by atoms with E-state index < -0.39 is 17.4 Å². The molecule has 2 N–H and O–H groups in total. The van der Waals surface area contributed by atoms with E-state index in [0.29, 0.717) is 25.9 Å². The molecular formula is C12H19NO4. The molecule has 2 fully saturated rings. The van der Waals surface area contributed by atoms with Gasteiger partial charge >= 0.3 is 5.97 Å². The van der Waals surface area contributed by atoms with Gasteiger partial charge in [0.15, 0.2) is 0 Å². The fourth-order valence-electron chi connectivity index (χ4n) is 3.08.